The Hall–Kier alpha value is -1.55. The molecule has 0 N–H and O–H groups in total. The molecule has 0 amide bonds. The van der Waals surface area contributed by atoms with E-state index in [0.29, 0.717) is 0 Å². The lowest BCUT2D eigenvalue weighted by atomic mass is 10.3. The van der Waals surface area contributed by atoms with Crippen molar-refractivity contribution in [2.45, 2.75) is 0 Å². The summed E-state index contributed by atoms with van der Waals surface area (Å²) in [6.07, 6.45) is 5.86. The van der Waals surface area contributed by atoms with Crippen LogP contribution < -0.4 is 0 Å². The van der Waals surface area contributed by atoms with Gasteiger partial charge in [0.2, 0.25) is 0 Å². The van der Waals surface area contributed by atoms with Gasteiger partial charge in [-0.25, -0.2) is 4.68 Å². The van der Waals surface area contributed by atoms with Crippen LogP contribution in [0.4, 0.5) is 0 Å². The van der Waals surface area contributed by atoms with E-state index in [9.17, 15) is 0 Å². The monoisotopic (exact) mass is 217 g/mol. The molecule has 4 heteroatoms. The first kappa shape index (κ1) is 9.98. The van der Waals surface area contributed by atoms with Gasteiger partial charge in [-0.2, -0.15) is 0 Å². The van der Waals surface area contributed by atoms with E-state index >= 15 is 0 Å². The summed E-state index contributed by atoms with van der Waals surface area (Å²) in [7, 11) is 0. The maximum absolute atomic E-state index is 4.05. The van der Waals surface area contributed by atoms with Gasteiger partial charge in [-0.1, -0.05) is 23.4 Å². The largest absolute Gasteiger partial charge is 0.220 e. The number of thioether (sulfide) groups is 1. The van der Waals surface area contributed by atoms with Crippen molar-refractivity contribution in [3.8, 4) is 5.69 Å². The fourth-order valence-electron chi connectivity index (χ4n) is 1.20. The van der Waals surface area contributed by atoms with Crippen molar-refractivity contribution in [2.24, 2.45) is 0 Å². The van der Waals surface area contributed by atoms with Crippen molar-refractivity contribution >= 4 is 17.8 Å². The highest BCUT2D eigenvalue weighted by Crippen LogP contribution is 2.07. The van der Waals surface area contributed by atoms with Crippen molar-refractivity contribution in [1.29, 1.82) is 0 Å². The van der Waals surface area contributed by atoms with Crippen LogP contribution in [0, 0.1) is 0 Å². The number of rotatable bonds is 3. The molecule has 0 atom stereocenters. The average Bonchev–Trinajstić information content (AvgIpc) is 2.76. The number of nitrogens with zero attached hydrogens (tertiary/aromatic N) is 3. The molecule has 0 aliphatic rings. The van der Waals surface area contributed by atoms with Gasteiger partial charge in [0, 0.05) is 0 Å². The quantitative estimate of drug-likeness (QED) is 0.791. The molecule has 1 heterocycles. The number of hydrogen-bond acceptors (Lipinski definition) is 3. The molecular formula is C11H11N3S. The van der Waals surface area contributed by atoms with Crippen molar-refractivity contribution in [3.05, 3.63) is 47.6 Å². The molecule has 0 spiro atoms. The summed E-state index contributed by atoms with van der Waals surface area (Å²) in [5.74, 6) is 0. The molecular weight excluding hydrogens is 206 g/mol. The molecule has 0 aliphatic carbocycles. The van der Waals surface area contributed by atoms with Gasteiger partial charge in [-0.05, 0) is 29.9 Å². The molecule has 2 rings (SSSR count). The summed E-state index contributed by atoms with van der Waals surface area (Å²) in [5, 5.41) is 10.1. The molecule has 0 aliphatic heterocycles. The first-order valence-electron chi connectivity index (χ1n) is 4.57. The highest BCUT2D eigenvalue weighted by atomic mass is 32.2. The predicted octanol–water partition coefficient (Wildman–Crippen LogP) is 2.60. The summed E-state index contributed by atoms with van der Waals surface area (Å²) < 4.78 is 1.76. The molecule has 15 heavy (non-hydrogen) atoms. The van der Waals surface area contributed by atoms with Crippen LogP contribution in [0.1, 0.15) is 5.69 Å². The second-order valence-electron chi connectivity index (χ2n) is 2.96. The molecule has 0 radical (unpaired) electrons. The SMILES string of the molecule is CS/C=C\c1cn(-c2ccccc2)nn1. The van der Waals surface area contributed by atoms with E-state index in [1.165, 1.54) is 0 Å². The number of para-hydroxylation sites is 1. The van der Waals surface area contributed by atoms with Crippen LogP contribution in [0.3, 0.4) is 0 Å². The lowest BCUT2D eigenvalue weighted by Crippen LogP contribution is -1.93. The summed E-state index contributed by atoms with van der Waals surface area (Å²) in [6, 6.07) is 9.94. The molecule has 0 fully saturated rings. The Morgan fingerprint density at radius 1 is 1.27 bits per heavy atom. The van der Waals surface area contributed by atoms with Crippen LogP contribution in [0.25, 0.3) is 11.8 Å². The van der Waals surface area contributed by atoms with E-state index in [1.807, 2.05) is 54.3 Å². The fourth-order valence-corrected chi connectivity index (χ4v) is 1.47. The van der Waals surface area contributed by atoms with Gasteiger partial charge in [0.25, 0.3) is 0 Å². The Kier molecular flexibility index (Phi) is 3.19. The Balaban J connectivity index is 2.24. The van der Waals surface area contributed by atoms with Gasteiger partial charge in [0.05, 0.1) is 11.9 Å². The van der Waals surface area contributed by atoms with E-state index in [-0.39, 0.29) is 0 Å². The first-order valence-corrected chi connectivity index (χ1v) is 5.86. The van der Waals surface area contributed by atoms with Crippen LogP contribution in [-0.4, -0.2) is 21.2 Å². The predicted molar refractivity (Wildman–Crippen MR) is 63.9 cm³/mol. The Labute approximate surface area is 92.8 Å². The lowest BCUT2D eigenvalue weighted by molar-refractivity contribution is 0.802. The minimum Gasteiger partial charge on any atom is -0.220 e. The third kappa shape index (κ3) is 2.47. The maximum Gasteiger partial charge on any atom is 0.106 e. The zero-order valence-electron chi connectivity index (χ0n) is 8.37. The molecule has 76 valence electrons. The van der Waals surface area contributed by atoms with Crippen LogP contribution in [0.15, 0.2) is 41.9 Å². The second kappa shape index (κ2) is 4.79. The minimum absolute atomic E-state index is 0.869. The van der Waals surface area contributed by atoms with Crippen molar-refractivity contribution < 1.29 is 0 Å². The highest BCUT2D eigenvalue weighted by molar-refractivity contribution is 8.01. The number of hydrogen-bond donors (Lipinski definition) is 0. The third-order valence-electron chi connectivity index (χ3n) is 1.91. The molecule has 0 saturated carbocycles. The van der Waals surface area contributed by atoms with Crippen molar-refractivity contribution in [1.82, 2.24) is 15.0 Å². The van der Waals surface area contributed by atoms with Gasteiger partial charge in [-0.15, -0.1) is 16.9 Å². The van der Waals surface area contributed by atoms with Crippen LogP contribution in [0.2, 0.25) is 0 Å². The third-order valence-corrected chi connectivity index (χ3v) is 2.31. The van der Waals surface area contributed by atoms with Gasteiger partial charge in [0.15, 0.2) is 0 Å². The van der Waals surface area contributed by atoms with Gasteiger partial charge >= 0.3 is 0 Å². The van der Waals surface area contributed by atoms with Gasteiger partial charge in [-0.3, -0.25) is 0 Å². The summed E-state index contributed by atoms with van der Waals surface area (Å²) in [4.78, 5) is 0. The first-order chi connectivity index (χ1) is 7.40. The minimum atomic E-state index is 0.869. The zero-order chi connectivity index (χ0) is 10.5. The number of benzene rings is 1. The van der Waals surface area contributed by atoms with Crippen molar-refractivity contribution in [2.75, 3.05) is 6.26 Å². The van der Waals surface area contributed by atoms with Crippen molar-refractivity contribution in [3.63, 3.8) is 0 Å². The lowest BCUT2D eigenvalue weighted by Gasteiger charge is -1.96. The fraction of sp³-hybridized carbons (Fsp3) is 0.0909. The Bertz CT molecular complexity index is 448. The van der Waals surface area contributed by atoms with Gasteiger partial charge in [0.1, 0.15) is 5.69 Å². The summed E-state index contributed by atoms with van der Waals surface area (Å²) >= 11 is 1.64. The Morgan fingerprint density at radius 3 is 2.80 bits per heavy atom. The summed E-state index contributed by atoms with van der Waals surface area (Å²) in [5.41, 5.74) is 1.89. The molecule has 0 saturated heterocycles. The molecule has 0 unspecified atom stereocenters. The number of aromatic nitrogens is 3. The molecule has 0 bridgehead atoms. The Morgan fingerprint density at radius 2 is 2.07 bits per heavy atom. The van der Waals surface area contributed by atoms with E-state index in [4.69, 9.17) is 0 Å². The molecule has 2 aromatic rings. The van der Waals surface area contributed by atoms with Crippen LogP contribution in [0.5, 0.6) is 0 Å². The smallest absolute Gasteiger partial charge is 0.106 e. The van der Waals surface area contributed by atoms with Crippen LogP contribution in [-0.2, 0) is 0 Å². The van der Waals surface area contributed by atoms with E-state index in [0.717, 1.165) is 11.4 Å². The summed E-state index contributed by atoms with van der Waals surface area (Å²) in [6.45, 7) is 0. The van der Waals surface area contributed by atoms with Gasteiger partial charge < -0.3 is 0 Å². The average molecular weight is 217 g/mol. The van der Waals surface area contributed by atoms with E-state index < -0.39 is 0 Å². The highest BCUT2D eigenvalue weighted by Gasteiger charge is 1.98. The topological polar surface area (TPSA) is 30.7 Å². The standard InChI is InChI=1S/C11H11N3S/c1-15-8-7-10-9-14(13-12-10)11-5-3-2-4-6-11/h2-9H,1H3/b8-7-. The van der Waals surface area contributed by atoms with Crippen LogP contribution >= 0.6 is 11.8 Å². The molecule has 1 aromatic carbocycles. The molecule has 1 aromatic heterocycles. The maximum atomic E-state index is 4.05. The van der Waals surface area contributed by atoms with E-state index in [2.05, 4.69) is 10.3 Å². The second-order valence-corrected chi connectivity index (χ2v) is 3.71. The van der Waals surface area contributed by atoms with E-state index in [1.54, 1.807) is 16.4 Å². The molecule has 3 nitrogen and oxygen atoms in total. The zero-order valence-corrected chi connectivity index (χ0v) is 9.19. The normalized spacial score (nSPS) is 11.0.